The summed E-state index contributed by atoms with van der Waals surface area (Å²) in [6, 6.07) is 17.9. The van der Waals surface area contributed by atoms with E-state index >= 15 is 0 Å². The minimum atomic E-state index is -4.58. The first-order valence-corrected chi connectivity index (χ1v) is 13.4. The van der Waals surface area contributed by atoms with Crippen LogP contribution in [0.4, 0.5) is 13.2 Å². The van der Waals surface area contributed by atoms with Gasteiger partial charge in [-0.05, 0) is 52.9 Å². The predicted octanol–water partition coefficient (Wildman–Crippen LogP) is 6.13. The van der Waals surface area contributed by atoms with E-state index in [1.54, 1.807) is 36.4 Å². The minimum Gasteiger partial charge on any atom is -0.296 e. The summed E-state index contributed by atoms with van der Waals surface area (Å²) in [6.07, 6.45) is -4.46. The fourth-order valence-corrected chi connectivity index (χ4v) is 5.99. The largest absolute Gasteiger partial charge is 0.439 e. The summed E-state index contributed by atoms with van der Waals surface area (Å²) in [5.74, 6) is -0.459. The van der Waals surface area contributed by atoms with E-state index in [4.69, 9.17) is 0 Å². The molecule has 0 aliphatic rings. The molecule has 3 aromatic carbocycles. The number of rotatable bonds is 5. The monoisotopic (exact) mass is 555 g/mol. The Hall–Kier alpha value is -4.12. The van der Waals surface area contributed by atoms with Crippen molar-refractivity contribution in [3.63, 3.8) is 0 Å². The molecule has 1 N–H and O–H groups in total. The fraction of sp³-hybridized carbons (Fsp3) is 0.214. The van der Waals surface area contributed by atoms with Gasteiger partial charge in [0.2, 0.25) is 0 Å². The zero-order valence-corrected chi connectivity index (χ0v) is 22.0. The van der Waals surface area contributed by atoms with E-state index in [9.17, 15) is 26.4 Å². The molecule has 5 rings (SSSR count). The van der Waals surface area contributed by atoms with Gasteiger partial charge in [0.25, 0.3) is 10.0 Å². The number of fused-ring (bicyclic) bond motifs is 1. The van der Waals surface area contributed by atoms with Crippen molar-refractivity contribution in [3.8, 4) is 11.4 Å². The van der Waals surface area contributed by atoms with Crippen molar-refractivity contribution < 1.29 is 26.1 Å². The molecule has 0 saturated heterocycles. The molecule has 2 aromatic heterocycles. The number of halogens is 3. The highest BCUT2D eigenvalue weighted by Gasteiger charge is 2.32. The van der Waals surface area contributed by atoms with Gasteiger partial charge in [0, 0.05) is 23.1 Å². The zero-order valence-electron chi connectivity index (χ0n) is 21.2. The number of aromatic nitrogens is 3. The van der Waals surface area contributed by atoms with Crippen LogP contribution in [0.5, 0.6) is 0 Å². The van der Waals surface area contributed by atoms with Gasteiger partial charge in [-0.25, -0.2) is 17.2 Å². The molecule has 0 atom stereocenters. The van der Waals surface area contributed by atoms with E-state index in [0.29, 0.717) is 16.8 Å². The van der Waals surface area contributed by atoms with Crippen LogP contribution in [0.2, 0.25) is 0 Å². The van der Waals surface area contributed by atoms with E-state index < -0.39 is 27.5 Å². The second-order valence-corrected chi connectivity index (χ2v) is 12.1. The molecule has 39 heavy (non-hydrogen) atoms. The second kappa shape index (κ2) is 9.26. The molecular weight excluding hydrogens is 531 g/mol. The molecule has 0 saturated carbocycles. The Labute approximate surface area is 221 Å². The zero-order chi connectivity index (χ0) is 28.2. The van der Waals surface area contributed by atoms with Crippen LogP contribution in [0, 0.1) is 0 Å². The van der Waals surface area contributed by atoms with Crippen LogP contribution in [0.3, 0.4) is 0 Å². The van der Waals surface area contributed by atoms with Crippen molar-refractivity contribution in [3.05, 3.63) is 106 Å². The summed E-state index contributed by atoms with van der Waals surface area (Å²) in [5, 5.41) is 3.80. The molecule has 7 nitrogen and oxygen atoms in total. The van der Waals surface area contributed by atoms with Gasteiger partial charge < -0.3 is 0 Å². The van der Waals surface area contributed by atoms with E-state index in [1.165, 1.54) is 18.2 Å². The minimum absolute atomic E-state index is 0.0407. The number of aromatic amines is 1. The van der Waals surface area contributed by atoms with Gasteiger partial charge in [-0.15, -0.1) is 0 Å². The molecule has 202 valence electrons. The van der Waals surface area contributed by atoms with Crippen LogP contribution in [0.1, 0.15) is 43.2 Å². The van der Waals surface area contributed by atoms with E-state index in [-0.39, 0.29) is 33.5 Å². The molecule has 0 fully saturated rings. The third-order valence-corrected chi connectivity index (χ3v) is 8.21. The first-order chi connectivity index (χ1) is 18.2. The number of benzene rings is 3. The lowest BCUT2D eigenvalue weighted by atomic mass is 9.87. The van der Waals surface area contributed by atoms with Gasteiger partial charge in [0.1, 0.15) is 0 Å². The van der Waals surface area contributed by atoms with Crippen LogP contribution >= 0.6 is 0 Å². The Kier molecular flexibility index (Phi) is 6.29. The maximum Gasteiger partial charge on any atom is 0.439 e. The lowest BCUT2D eigenvalue weighted by Gasteiger charge is -2.20. The normalized spacial score (nSPS) is 12.8. The summed E-state index contributed by atoms with van der Waals surface area (Å²) in [6.45, 7) is 5.89. The highest BCUT2D eigenvalue weighted by atomic mass is 32.2. The van der Waals surface area contributed by atoms with Crippen LogP contribution < -0.4 is 5.76 Å². The number of H-pyrrole nitrogens is 1. The number of hydrogen-bond acceptors (Lipinski definition) is 5. The summed E-state index contributed by atoms with van der Waals surface area (Å²) in [7, 11) is -4.18. The first-order valence-electron chi connectivity index (χ1n) is 12.0. The highest BCUT2D eigenvalue weighted by Crippen LogP contribution is 2.35. The average Bonchev–Trinajstić information content (AvgIpc) is 3.46. The van der Waals surface area contributed by atoms with Gasteiger partial charge in [-0.1, -0.05) is 62.3 Å². The summed E-state index contributed by atoms with van der Waals surface area (Å²) < 4.78 is 74.0. The highest BCUT2D eigenvalue weighted by molar-refractivity contribution is 7.90. The summed E-state index contributed by atoms with van der Waals surface area (Å²) in [5.41, 5.74) is 1.35. The maximum absolute atomic E-state index is 14.0. The second-order valence-electron chi connectivity index (χ2n) is 10.3. The van der Waals surface area contributed by atoms with Crippen LogP contribution in [-0.4, -0.2) is 22.5 Å². The van der Waals surface area contributed by atoms with Gasteiger partial charge in [-0.3, -0.25) is 9.51 Å². The van der Waals surface area contributed by atoms with Gasteiger partial charge in [0.15, 0.2) is 5.82 Å². The summed E-state index contributed by atoms with van der Waals surface area (Å²) >= 11 is 0. The third-order valence-electron chi connectivity index (χ3n) is 6.45. The molecule has 2 heterocycles. The Morgan fingerprint density at radius 1 is 0.923 bits per heavy atom. The lowest BCUT2D eigenvalue weighted by molar-refractivity contribution is -0.137. The molecule has 0 radical (unpaired) electrons. The summed E-state index contributed by atoms with van der Waals surface area (Å²) in [4.78, 5) is 13.7. The van der Waals surface area contributed by atoms with Crippen molar-refractivity contribution >= 4 is 20.9 Å². The molecule has 0 bridgehead atoms. The Bertz CT molecular complexity index is 1840. The van der Waals surface area contributed by atoms with Crippen molar-refractivity contribution in [1.29, 1.82) is 0 Å². The number of nitrogens with zero attached hydrogens (tertiary/aromatic N) is 2. The van der Waals surface area contributed by atoms with Crippen molar-refractivity contribution in [2.24, 2.45) is 0 Å². The van der Waals surface area contributed by atoms with Crippen molar-refractivity contribution in [1.82, 2.24) is 14.1 Å². The van der Waals surface area contributed by atoms with Gasteiger partial charge in [-0.2, -0.15) is 13.2 Å². The standard InChI is InChI=1S/C28H24F3N3O4S/c1-27(2,3)20-5-4-6-23(16-20)39(36,37)34-22(15-19-14-21(28(29,30)31)11-12-24(19)34)13-17-7-9-18(10-8-17)25-32-26(35)38-33-25/h4-12,14-16H,13H2,1-3H3,(H,32,33,35). The van der Waals surface area contributed by atoms with Crippen LogP contribution in [0.15, 0.2) is 87.0 Å². The quantitative estimate of drug-likeness (QED) is 0.281. The molecule has 0 aliphatic heterocycles. The molecule has 0 unspecified atom stereocenters. The maximum atomic E-state index is 14.0. The lowest BCUT2D eigenvalue weighted by Crippen LogP contribution is -2.18. The average molecular weight is 556 g/mol. The van der Waals surface area contributed by atoms with E-state index in [1.807, 2.05) is 26.8 Å². The van der Waals surface area contributed by atoms with E-state index in [2.05, 4.69) is 14.7 Å². The number of hydrogen-bond donors (Lipinski definition) is 1. The van der Waals surface area contributed by atoms with Crippen LogP contribution in [-0.2, 0) is 28.0 Å². The molecule has 0 amide bonds. The SMILES string of the molecule is CC(C)(C)c1cccc(S(=O)(=O)n2c(Cc3ccc(-c4noc(=O)[nH]4)cc3)cc3cc(C(F)(F)F)ccc32)c1. The smallest absolute Gasteiger partial charge is 0.296 e. The van der Waals surface area contributed by atoms with Crippen molar-refractivity contribution in [2.45, 2.75) is 43.7 Å². The predicted molar refractivity (Wildman–Crippen MR) is 140 cm³/mol. The molecule has 0 spiro atoms. The molecule has 11 heteroatoms. The molecule has 5 aromatic rings. The van der Waals surface area contributed by atoms with Gasteiger partial charge >= 0.3 is 11.9 Å². The number of alkyl halides is 3. The Morgan fingerprint density at radius 3 is 2.26 bits per heavy atom. The Balaban J connectivity index is 1.64. The Morgan fingerprint density at radius 2 is 1.64 bits per heavy atom. The number of nitrogens with one attached hydrogen (secondary N) is 1. The fourth-order valence-electron chi connectivity index (χ4n) is 4.40. The topological polar surface area (TPSA) is 98.0 Å². The van der Waals surface area contributed by atoms with E-state index in [0.717, 1.165) is 21.7 Å². The van der Waals surface area contributed by atoms with Gasteiger partial charge in [0.05, 0.1) is 16.0 Å². The first kappa shape index (κ1) is 26.5. The molecule has 0 aliphatic carbocycles. The van der Waals surface area contributed by atoms with Crippen LogP contribution in [0.25, 0.3) is 22.3 Å². The molecular formula is C28H24F3N3O4S. The third kappa shape index (κ3) is 5.14. The van der Waals surface area contributed by atoms with Crippen molar-refractivity contribution in [2.75, 3.05) is 0 Å².